The Labute approximate surface area is 216 Å². The Hall–Kier alpha value is -3.15. The third-order valence-electron chi connectivity index (χ3n) is 7.43. The third kappa shape index (κ3) is 6.79. The van der Waals surface area contributed by atoms with Crippen LogP contribution < -0.4 is 5.73 Å². The first-order chi connectivity index (χ1) is 17.9. The molecule has 2 aliphatic heterocycles. The number of ether oxygens (including phenoxy) is 1. The number of nitrogens with zero attached hydrogens (tertiary/aromatic N) is 5. The Balaban J connectivity index is 1.44. The molecule has 11 nitrogen and oxygen atoms in total. The molecule has 0 aromatic carbocycles. The van der Waals surface area contributed by atoms with E-state index >= 15 is 0 Å². The number of hydrogen-bond donors (Lipinski definition) is 3. The Kier molecular flexibility index (Phi) is 9.01. The summed E-state index contributed by atoms with van der Waals surface area (Å²) >= 11 is 0. The van der Waals surface area contributed by atoms with Crippen LogP contribution in [-0.4, -0.2) is 91.8 Å². The van der Waals surface area contributed by atoms with Crippen molar-refractivity contribution in [3.63, 3.8) is 0 Å². The molecule has 0 radical (unpaired) electrons. The number of carbonyl (C=O) groups excluding carboxylic acids is 2. The highest BCUT2D eigenvalue weighted by Gasteiger charge is 2.42. The number of carbonyl (C=O) groups is 2. The Morgan fingerprint density at radius 3 is 2.51 bits per heavy atom. The molecule has 37 heavy (non-hydrogen) atoms. The number of aliphatic hydroxyl groups is 2. The van der Waals surface area contributed by atoms with E-state index < -0.39 is 17.6 Å². The minimum absolute atomic E-state index is 0.0476. The molecule has 11 heteroatoms. The van der Waals surface area contributed by atoms with Gasteiger partial charge in [0.05, 0.1) is 17.2 Å². The van der Waals surface area contributed by atoms with Crippen molar-refractivity contribution in [2.75, 3.05) is 38.5 Å². The number of amides is 1. The van der Waals surface area contributed by atoms with Gasteiger partial charge < -0.3 is 25.6 Å². The second-order valence-corrected chi connectivity index (χ2v) is 9.94. The van der Waals surface area contributed by atoms with Gasteiger partial charge in [0.15, 0.2) is 11.5 Å². The van der Waals surface area contributed by atoms with Crippen molar-refractivity contribution in [1.29, 1.82) is 0 Å². The topological polar surface area (TPSA) is 155 Å². The van der Waals surface area contributed by atoms with Gasteiger partial charge in [0.1, 0.15) is 12.7 Å². The zero-order valence-electron chi connectivity index (χ0n) is 21.0. The number of piperidine rings is 1. The van der Waals surface area contributed by atoms with Crippen LogP contribution in [0.5, 0.6) is 0 Å². The molecular formula is C26H36N6O5. The first-order valence-corrected chi connectivity index (χ1v) is 12.9. The number of likely N-dealkylation sites (tertiary alicyclic amines) is 1. The largest absolute Gasteiger partial charge is 0.462 e. The molecule has 2 aliphatic rings. The predicted molar refractivity (Wildman–Crippen MR) is 135 cm³/mol. The summed E-state index contributed by atoms with van der Waals surface area (Å²) in [7, 11) is 0. The highest BCUT2D eigenvalue weighted by atomic mass is 16.5. The quantitative estimate of drug-likeness (QED) is 0.508. The van der Waals surface area contributed by atoms with Crippen LogP contribution in [0.2, 0.25) is 0 Å². The molecular weight excluding hydrogens is 476 g/mol. The number of anilines is 1. The van der Waals surface area contributed by atoms with Gasteiger partial charge in [-0.2, -0.15) is 0 Å². The van der Waals surface area contributed by atoms with E-state index in [1.165, 1.54) is 12.4 Å². The summed E-state index contributed by atoms with van der Waals surface area (Å²) in [6.07, 6.45) is 5.61. The summed E-state index contributed by atoms with van der Waals surface area (Å²) in [5.74, 6) is -0.644. The second-order valence-electron chi connectivity index (χ2n) is 9.94. The van der Waals surface area contributed by atoms with Gasteiger partial charge in [0.25, 0.3) is 5.91 Å². The van der Waals surface area contributed by atoms with Crippen LogP contribution in [0.4, 0.5) is 5.82 Å². The number of esters is 1. The maximum Gasteiger partial charge on any atom is 0.312 e. The maximum absolute atomic E-state index is 13.3. The van der Waals surface area contributed by atoms with E-state index in [1.54, 1.807) is 11.1 Å². The van der Waals surface area contributed by atoms with Gasteiger partial charge in [-0.3, -0.25) is 19.5 Å². The van der Waals surface area contributed by atoms with Crippen molar-refractivity contribution >= 4 is 17.7 Å². The maximum atomic E-state index is 13.3. The van der Waals surface area contributed by atoms with Crippen molar-refractivity contribution < 1.29 is 24.5 Å². The fourth-order valence-electron chi connectivity index (χ4n) is 5.07. The summed E-state index contributed by atoms with van der Waals surface area (Å²) < 4.78 is 5.55. The summed E-state index contributed by atoms with van der Waals surface area (Å²) in [4.78, 5) is 42.7. The molecule has 1 spiro atoms. The zero-order valence-corrected chi connectivity index (χ0v) is 21.0. The van der Waals surface area contributed by atoms with Gasteiger partial charge >= 0.3 is 5.97 Å². The minimum Gasteiger partial charge on any atom is -0.462 e. The van der Waals surface area contributed by atoms with Crippen molar-refractivity contribution in [3.05, 3.63) is 48.2 Å². The van der Waals surface area contributed by atoms with Crippen LogP contribution in [0, 0.1) is 5.41 Å². The van der Waals surface area contributed by atoms with Crippen molar-refractivity contribution in [2.24, 2.45) is 5.41 Å². The van der Waals surface area contributed by atoms with E-state index in [2.05, 4.69) is 19.9 Å². The van der Waals surface area contributed by atoms with Gasteiger partial charge in [0.2, 0.25) is 0 Å². The second kappa shape index (κ2) is 12.4. The number of aliphatic hydroxyl groups excluding tert-OH is 2. The van der Waals surface area contributed by atoms with Crippen LogP contribution in [0.15, 0.2) is 36.8 Å². The summed E-state index contributed by atoms with van der Waals surface area (Å²) in [6, 6.07) is 5.85. The lowest BCUT2D eigenvalue weighted by molar-refractivity contribution is -0.165. The highest BCUT2D eigenvalue weighted by Crippen LogP contribution is 2.38. The predicted octanol–water partition coefficient (Wildman–Crippen LogP) is 1.02. The van der Waals surface area contributed by atoms with E-state index in [9.17, 15) is 19.8 Å². The molecule has 2 aromatic rings. The summed E-state index contributed by atoms with van der Waals surface area (Å²) in [6.45, 7) is 2.51. The Morgan fingerprint density at radius 2 is 1.78 bits per heavy atom. The van der Waals surface area contributed by atoms with Gasteiger partial charge in [-0.15, -0.1) is 0 Å². The lowest BCUT2D eigenvalue weighted by atomic mass is 9.74. The van der Waals surface area contributed by atoms with Crippen LogP contribution >= 0.6 is 0 Å². The molecule has 2 atom stereocenters. The van der Waals surface area contributed by atoms with Gasteiger partial charge in [0, 0.05) is 38.2 Å². The minimum atomic E-state index is -1.25. The number of pyridine rings is 1. The number of cyclic esters (lactones) is 1. The Bertz CT molecular complexity index is 1050. The molecule has 0 saturated carbocycles. The molecule has 0 unspecified atom stereocenters. The van der Waals surface area contributed by atoms with Crippen molar-refractivity contribution in [3.8, 4) is 0 Å². The molecule has 0 bridgehead atoms. The molecule has 4 heterocycles. The summed E-state index contributed by atoms with van der Waals surface area (Å²) in [5, 5.41) is 20.9. The number of rotatable bonds is 3. The fourth-order valence-corrected chi connectivity index (χ4v) is 5.07. The molecule has 2 fully saturated rings. The summed E-state index contributed by atoms with van der Waals surface area (Å²) in [5.41, 5.74) is 6.26. The van der Waals surface area contributed by atoms with Gasteiger partial charge in [-0.05, 0) is 57.3 Å². The normalized spacial score (nSPS) is 23.9. The van der Waals surface area contributed by atoms with Crippen molar-refractivity contribution in [1.82, 2.24) is 24.8 Å². The molecule has 2 saturated heterocycles. The number of aromatic nitrogens is 3. The third-order valence-corrected chi connectivity index (χ3v) is 7.43. The average Bonchev–Trinajstić information content (AvgIpc) is 2.92. The zero-order chi connectivity index (χ0) is 26.3. The molecule has 4 rings (SSSR count). The van der Waals surface area contributed by atoms with E-state index in [4.69, 9.17) is 10.5 Å². The van der Waals surface area contributed by atoms with Crippen LogP contribution in [0.3, 0.4) is 0 Å². The van der Waals surface area contributed by atoms with Gasteiger partial charge in [-0.25, -0.2) is 9.97 Å². The standard InChI is InChI=1S/C26H36N6O5/c27-23-22(29-11-12-30-23)24(35)32-13-4-2-7-26(25(36)37-18-21(34)20(33)6-14-32)8-15-31(16-9-26)17-19-5-1-3-10-28-19/h1,3,5,10-12,20-21,33-34H,2,4,6-9,13-18H2,(H2,27,30)/t20-,21+/m0/s1. The number of hydrogen-bond acceptors (Lipinski definition) is 10. The number of nitrogen functional groups attached to an aromatic ring is 1. The fraction of sp³-hybridized carbons (Fsp3) is 0.577. The first-order valence-electron chi connectivity index (χ1n) is 12.9. The van der Waals surface area contributed by atoms with E-state index in [0.717, 1.165) is 31.7 Å². The van der Waals surface area contributed by atoms with Crippen LogP contribution in [-0.2, 0) is 16.1 Å². The smallest absolute Gasteiger partial charge is 0.312 e. The SMILES string of the molecule is Nc1nccnc1C(=O)N1CCCCC2(CCN(Cc3ccccn3)CC2)C(=O)OC[C@@H](O)[C@@H](O)CC1. The monoisotopic (exact) mass is 512 g/mol. The molecule has 2 aromatic heterocycles. The van der Waals surface area contributed by atoms with Crippen LogP contribution in [0.1, 0.15) is 54.7 Å². The molecule has 1 amide bonds. The lowest BCUT2D eigenvalue weighted by Gasteiger charge is -2.40. The van der Waals surface area contributed by atoms with Crippen molar-refractivity contribution in [2.45, 2.75) is 57.3 Å². The first kappa shape index (κ1) is 26.9. The van der Waals surface area contributed by atoms with E-state index in [-0.39, 0.29) is 43.0 Å². The number of nitrogens with two attached hydrogens (primary N) is 1. The molecule has 0 aliphatic carbocycles. The van der Waals surface area contributed by atoms with Crippen LogP contribution in [0.25, 0.3) is 0 Å². The van der Waals surface area contributed by atoms with E-state index in [1.807, 2.05) is 18.2 Å². The highest BCUT2D eigenvalue weighted by molar-refractivity contribution is 5.96. The molecule has 4 N–H and O–H groups in total. The lowest BCUT2D eigenvalue weighted by Crippen LogP contribution is -2.46. The Morgan fingerprint density at radius 1 is 1.00 bits per heavy atom. The van der Waals surface area contributed by atoms with E-state index in [0.29, 0.717) is 32.2 Å². The van der Waals surface area contributed by atoms with Gasteiger partial charge in [-0.1, -0.05) is 12.5 Å². The molecule has 200 valence electrons. The average molecular weight is 513 g/mol.